The van der Waals surface area contributed by atoms with E-state index in [0.29, 0.717) is 37.4 Å². The van der Waals surface area contributed by atoms with Crippen LogP contribution < -0.4 is 14.4 Å². The molecule has 0 unspecified atom stereocenters. The van der Waals surface area contributed by atoms with Gasteiger partial charge in [-0.3, -0.25) is 4.79 Å². The number of carbonyl (C=O) groups is 1. The molecule has 32 heavy (non-hydrogen) atoms. The van der Waals surface area contributed by atoms with Gasteiger partial charge in [-0.1, -0.05) is 18.2 Å². The highest BCUT2D eigenvalue weighted by Gasteiger charge is 2.35. The van der Waals surface area contributed by atoms with E-state index in [-0.39, 0.29) is 16.7 Å². The zero-order valence-corrected chi connectivity index (χ0v) is 19.7. The van der Waals surface area contributed by atoms with E-state index in [0.717, 1.165) is 30.6 Å². The van der Waals surface area contributed by atoms with Crippen LogP contribution in [0.2, 0.25) is 0 Å². The number of hydrogen-bond donors (Lipinski definition) is 0. The van der Waals surface area contributed by atoms with Gasteiger partial charge >= 0.3 is 0 Å². The molecule has 0 atom stereocenters. The molecule has 2 aromatic rings. The Balaban J connectivity index is 1.47. The van der Waals surface area contributed by atoms with Crippen molar-refractivity contribution in [1.82, 2.24) is 4.31 Å². The van der Waals surface area contributed by atoms with Crippen molar-refractivity contribution in [2.45, 2.75) is 37.5 Å². The van der Waals surface area contributed by atoms with E-state index in [9.17, 15) is 13.2 Å². The molecule has 0 saturated carbocycles. The average molecular weight is 459 g/mol. The molecule has 0 aromatic heterocycles. The quantitative estimate of drug-likeness (QED) is 0.687. The van der Waals surface area contributed by atoms with E-state index in [1.807, 2.05) is 24.0 Å². The molecule has 0 N–H and O–H groups in total. The molecule has 0 bridgehead atoms. The van der Waals surface area contributed by atoms with Crippen LogP contribution in [0.5, 0.6) is 11.5 Å². The third kappa shape index (κ3) is 4.09. The number of amides is 1. The van der Waals surface area contributed by atoms with Crippen LogP contribution in [0.15, 0.2) is 41.3 Å². The number of ether oxygens (including phenoxy) is 2. The number of hydrogen-bond acceptors (Lipinski definition) is 5. The smallest absolute Gasteiger partial charge is 0.243 e. The first-order chi connectivity index (χ1) is 15.4. The van der Waals surface area contributed by atoms with Gasteiger partial charge in [-0.15, -0.1) is 0 Å². The summed E-state index contributed by atoms with van der Waals surface area (Å²) in [5.41, 5.74) is 3.38. The minimum atomic E-state index is -3.68. The molecule has 1 fully saturated rings. The number of nitrogens with zero attached hydrogens (tertiary/aromatic N) is 2. The van der Waals surface area contributed by atoms with Gasteiger partial charge in [-0.25, -0.2) is 8.42 Å². The van der Waals surface area contributed by atoms with Crippen molar-refractivity contribution in [2.24, 2.45) is 5.92 Å². The Morgan fingerprint density at radius 1 is 1.00 bits per heavy atom. The van der Waals surface area contributed by atoms with Gasteiger partial charge in [0.25, 0.3) is 0 Å². The van der Waals surface area contributed by atoms with Gasteiger partial charge in [0, 0.05) is 37.3 Å². The second-order valence-electron chi connectivity index (χ2n) is 8.37. The van der Waals surface area contributed by atoms with Crippen molar-refractivity contribution >= 4 is 21.6 Å². The summed E-state index contributed by atoms with van der Waals surface area (Å²) in [5, 5.41) is 0. The number of sulfonamides is 1. The maximum absolute atomic E-state index is 13.4. The fraction of sp³-hybridized carbons (Fsp3) is 0.458. The minimum Gasteiger partial charge on any atom is -0.493 e. The second kappa shape index (κ2) is 9.11. The summed E-state index contributed by atoms with van der Waals surface area (Å²) in [5.74, 6) is 0.798. The summed E-state index contributed by atoms with van der Waals surface area (Å²) in [6, 6.07) is 10.8. The molecule has 8 heteroatoms. The Hall–Kier alpha value is -2.58. The first-order valence-corrected chi connectivity index (χ1v) is 12.4. The lowest BCUT2D eigenvalue weighted by Gasteiger charge is -2.36. The molecule has 0 aliphatic carbocycles. The van der Waals surface area contributed by atoms with E-state index < -0.39 is 10.0 Å². The van der Waals surface area contributed by atoms with Gasteiger partial charge in [0.2, 0.25) is 15.9 Å². The number of methoxy groups -OCH3 is 2. The molecule has 2 aromatic carbocycles. The summed E-state index contributed by atoms with van der Waals surface area (Å²) in [6.45, 7) is 3.41. The van der Waals surface area contributed by atoms with Crippen molar-refractivity contribution in [3.8, 4) is 11.5 Å². The number of rotatable bonds is 5. The van der Waals surface area contributed by atoms with Crippen LogP contribution in [0.25, 0.3) is 0 Å². The first kappa shape index (κ1) is 22.6. The average Bonchev–Trinajstić information content (AvgIpc) is 2.83. The molecule has 1 saturated heterocycles. The third-order valence-corrected chi connectivity index (χ3v) is 8.38. The predicted molar refractivity (Wildman–Crippen MR) is 123 cm³/mol. The van der Waals surface area contributed by atoms with Crippen molar-refractivity contribution in [2.75, 3.05) is 38.8 Å². The molecule has 2 aliphatic rings. The summed E-state index contributed by atoms with van der Waals surface area (Å²) in [7, 11) is -0.688. The standard InChI is InChI=1S/C24H30N2O5S/c1-17-6-4-7-18-8-5-13-26(23(17)18)24(27)19-11-14-25(15-12-19)32(28,29)20-9-10-21(30-2)22(16-20)31-3/h4,6-7,9-10,16,19H,5,8,11-15H2,1-3H3. The van der Waals surface area contributed by atoms with Crippen LogP contribution in [0.4, 0.5) is 5.69 Å². The fourth-order valence-electron chi connectivity index (χ4n) is 4.76. The number of para-hydroxylation sites is 1. The third-order valence-electron chi connectivity index (χ3n) is 6.48. The van der Waals surface area contributed by atoms with Gasteiger partial charge in [-0.05, 0) is 55.9 Å². The summed E-state index contributed by atoms with van der Waals surface area (Å²) in [4.78, 5) is 15.5. The van der Waals surface area contributed by atoms with Crippen LogP contribution in [0.3, 0.4) is 0 Å². The fourth-order valence-corrected chi connectivity index (χ4v) is 6.24. The van der Waals surface area contributed by atoms with Gasteiger partial charge < -0.3 is 14.4 Å². The molecule has 0 spiro atoms. The first-order valence-electron chi connectivity index (χ1n) is 11.0. The Labute approximate surface area is 190 Å². The Kier molecular flexibility index (Phi) is 6.44. The topological polar surface area (TPSA) is 76.2 Å². The minimum absolute atomic E-state index is 0.114. The van der Waals surface area contributed by atoms with E-state index >= 15 is 0 Å². The van der Waals surface area contributed by atoms with Crippen molar-refractivity contribution < 1.29 is 22.7 Å². The summed E-state index contributed by atoms with van der Waals surface area (Å²) >= 11 is 0. The Bertz CT molecular complexity index is 1110. The monoisotopic (exact) mass is 458 g/mol. The van der Waals surface area contributed by atoms with E-state index in [1.54, 1.807) is 6.07 Å². The lowest BCUT2D eigenvalue weighted by Crippen LogP contribution is -2.46. The summed E-state index contributed by atoms with van der Waals surface area (Å²) < 4.78 is 38.3. The van der Waals surface area contributed by atoms with Crippen molar-refractivity contribution in [3.63, 3.8) is 0 Å². The van der Waals surface area contributed by atoms with Crippen molar-refractivity contribution in [1.29, 1.82) is 0 Å². The number of fused-ring (bicyclic) bond motifs is 1. The zero-order chi connectivity index (χ0) is 22.9. The predicted octanol–water partition coefficient (Wildman–Crippen LogP) is 3.39. The molecule has 7 nitrogen and oxygen atoms in total. The molecule has 1 amide bonds. The van der Waals surface area contributed by atoms with Crippen LogP contribution in [-0.2, 0) is 21.2 Å². The Morgan fingerprint density at radius 2 is 1.72 bits per heavy atom. The van der Waals surface area contributed by atoms with Gasteiger partial charge in [0.15, 0.2) is 11.5 Å². The normalized spacial score (nSPS) is 17.7. The highest BCUT2D eigenvalue weighted by molar-refractivity contribution is 7.89. The molecule has 0 radical (unpaired) electrons. The lowest BCUT2D eigenvalue weighted by atomic mass is 9.93. The van der Waals surface area contributed by atoms with Gasteiger partial charge in [0.05, 0.1) is 19.1 Å². The molecule has 2 heterocycles. The zero-order valence-electron chi connectivity index (χ0n) is 18.8. The largest absolute Gasteiger partial charge is 0.493 e. The Morgan fingerprint density at radius 3 is 2.41 bits per heavy atom. The summed E-state index contributed by atoms with van der Waals surface area (Å²) in [6.07, 6.45) is 2.98. The SMILES string of the molecule is COc1ccc(S(=O)(=O)N2CCC(C(=O)N3CCCc4cccc(C)c43)CC2)cc1OC. The number of aryl methyl sites for hydroxylation is 2. The van der Waals surface area contributed by atoms with E-state index in [2.05, 4.69) is 6.07 Å². The van der Waals surface area contributed by atoms with Crippen LogP contribution in [0.1, 0.15) is 30.4 Å². The van der Waals surface area contributed by atoms with Crippen LogP contribution >= 0.6 is 0 Å². The van der Waals surface area contributed by atoms with Crippen molar-refractivity contribution in [3.05, 3.63) is 47.5 Å². The second-order valence-corrected chi connectivity index (χ2v) is 10.3. The molecule has 4 rings (SSSR count). The van der Waals surface area contributed by atoms with Gasteiger partial charge in [0.1, 0.15) is 0 Å². The van der Waals surface area contributed by atoms with Gasteiger partial charge in [-0.2, -0.15) is 4.31 Å². The molecular formula is C24H30N2O5S. The maximum atomic E-state index is 13.4. The lowest BCUT2D eigenvalue weighted by molar-refractivity contribution is -0.123. The molecule has 172 valence electrons. The number of benzene rings is 2. The molecule has 2 aliphatic heterocycles. The van der Waals surface area contributed by atoms with E-state index in [1.165, 1.54) is 36.2 Å². The number of piperidine rings is 1. The highest BCUT2D eigenvalue weighted by Crippen LogP contribution is 2.35. The van der Waals surface area contributed by atoms with Crippen LogP contribution in [0, 0.1) is 12.8 Å². The number of carbonyl (C=O) groups excluding carboxylic acids is 1. The maximum Gasteiger partial charge on any atom is 0.243 e. The molecular weight excluding hydrogens is 428 g/mol. The number of anilines is 1. The van der Waals surface area contributed by atoms with E-state index in [4.69, 9.17) is 9.47 Å². The highest BCUT2D eigenvalue weighted by atomic mass is 32.2. The van der Waals surface area contributed by atoms with Crippen LogP contribution in [-0.4, -0.2) is 52.5 Å².